The molecule has 0 radical (unpaired) electrons. The van der Waals surface area contributed by atoms with Crippen molar-refractivity contribution >= 4 is 46.2 Å². The van der Waals surface area contributed by atoms with E-state index in [2.05, 4.69) is 26.1 Å². The number of carbonyl (C=O) groups is 1. The van der Waals surface area contributed by atoms with Crippen molar-refractivity contribution in [3.8, 4) is 12.3 Å². The lowest BCUT2D eigenvalue weighted by atomic mass is 9.87. The summed E-state index contributed by atoms with van der Waals surface area (Å²) in [6.45, 7) is 3.26. The smallest absolute Gasteiger partial charge is 0.233 e. The maximum Gasteiger partial charge on any atom is 0.233 e. The number of alkyl halides is 1. The molecule has 4 heterocycles. The number of carbonyl (C=O) groups excluding carboxylic acids is 1. The Bertz CT molecular complexity index is 1270. The predicted molar refractivity (Wildman–Crippen MR) is 135 cm³/mol. The molecule has 2 fully saturated rings. The Kier molecular flexibility index (Phi) is 6.54. The molecule has 3 unspecified atom stereocenters. The fraction of sp³-hybridized carbons (Fsp3) is 0.346. The molecule has 2 aliphatic heterocycles. The molecule has 2 saturated heterocycles. The molecular weight excluding hydrogens is 490 g/mol. The summed E-state index contributed by atoms with van der Waals surface area (Å²) in [5.41, 5.74) is 1.78. The molecule has 2 aromatic heterocycles. The summed E-state index contributed by atoms with van der Waals surface area (Å²) in [5, 5.41) is 2.42. The first kappa shape index (κ1) is 23.8. The minimum Gasteiger partial charge on any atom is -0.381 e. The molecule has 3 atom stereocenters. The second kappa shape index (κ2) is 9.62. The highest BCUT2D eigenvalue weighted by molar-refractivity contribution is 6.33. The van der Waals surface area contributed by atoms with Crippen LogP contribution in [0.1, 0.15) is 24.0 Å². The van der Waals surface area contributed by atoms with E-state index in [0.29, 0.717) is 27.7 Å². The lowest BCUT2D eigenvalue weighted by molar-refractivity contribution is -0.118. The number of terminal acetylenes is 1. The SMILES string of the molecule is C#Cc1cnccc1C1=CC(Cl)C(C(=O)Nc2cnc(N3CCC4(CCOC4)C3)c(Cl)c2)C=C1F. The van der Waals surface area contributed by atoms with E-state index < -0.39 is 23.0 Å². The summed E-state index contributed by atoms with van der Waals surface area (Å²) < 4.78 is 20.6. The first-order valence-corrected chi connectivity index (χ1v) is 12.1. The number of nitrogens with zero attached hydrogens (tertiary/aromatic N) is 3. The molecule has 9 heteroatoms. The van der Waals surface area contributed by atoms with Gasteiger partial charge in [0.2, 0.25) is 5.91 Å². The second-order valence-electron chi connectivity index (χ2n) is 9.12. The van der Waals surface area contributed by atoms with Crippen LogP contribution in [0.25, 0.3) is 5.57 Å². The van der Waals surface area contributed by atoms with E-state index in [4.69, 9.17) is 34.4 Å². The summed E-state index contributed by atoms with van der Waals surface area (Å²) in [6, 6.07) is 3.27. The van der Waals surface area contributed by atoms with Crippen LogP contribution in [0.5, 0.6) is 0 Å². The van der Waals surface area contributed by atoms with E-state index in [9.17, 15) is 4.79 Å². The number of rotatable bonds is 4. The van der Waals surface area contributed by atoms with Crippen molar-refractivity contribution in [2.75, 3.05) is 36.5 Å². The highest BCUT2D eigenvalue weighted by Gasteiger charge is 2.42. The fourth-order valence-electron chi connectivity index (χ4n) is 4.91. The van der Waals surface area contributed by atoms with Gasteiger partial charge in [0, 0.05) is 48.6 Å². The molecule has 2 aromatic rings. The minimum atomic E-state index is -0.921. The summed E-state index contributed by atoms with van der Waals surface area (Å²) in [7, 11) is 0. The lowest BCUT2D eigenvalue weighted by Gasteiger charge is -2.24. The minimum absolute atomic E-state index is 0.175. The Morgan fingerprint density at radius 1 is 1.34 bits per heavy atom. The van der Waals surface area contributed by atoms with E-state index in [-0.39, 0.29) is 11.0 Å². The van der Waals surface area contributed by atoms with Crippen molar-refractivity contribution in [2.45, 2.75) is 18.2 Å². The number of aromatic nitrogens is 2. The number of nitrogens with one attached hydrogen (secondary N) is 1. The van der Waals surface area contributed by atoms with E-state index in [1.54, 1.807) is 18.3 Å². The van der Waals surface area contributed by atoms with Gasteiger partial charge in [0.05, 0.1) is 40.4 Å². The molecule has 180 valence electrons. The summed E-state index contributed by atoms with van der Waals surface area (Å²) >= 11 is 13.0. The van der Waals surface area contributed by atoms with Crippen LogP contribution in [0.15, 0.2) is 48.7 Å². The Balaban J connectivity index is 1.28. The molecule has 0 aromatic carbocycles. The Morgan fingerprint density at radius 3 is 2.94 bits per heavy atom. The summed E-state index contributed by atoms with van der Waals surface area (Å²) in [4.78, 5) is 23.6. The molecule has 6 nitrogen and oxygen atoms in total. The van der Waals surface area contributed by atoms with Crippen molar-refractivity contribution < 1.29 is 13.9 Å². The van der Waals surface area contributed by atoms with Gasteiger partial charge in [-0.3, -0.25) is 9.78 Å². The van der Waals surface area contributed by atoms with Gasteiger partial charge in [0.15, 0.2) is 0 Å². The summed E-state index contributed by atoms with van der Waals surface area (Å²) in [6.07, 6.45) is 14.9. The van der Waals surface area contributed by atoms with Crippen LogP contribution in [0.2, 0.25) is 5.02 Å². The van der Waals surface area contributed by atoms with Crippen LogP contribution < -0.4 is 10.2 Å². The number of ether oxygens (including phenoxy) is 1. The van der Waals surface area contributed by atoms with Crippen LogP contribution in [0.4, 0.5) is 15.9 Å². The van der Waals surface area contributed by atoms with E-state index in [0.717, 1.165) is 39.1 Å². The van der Waals surface area contributed by atoms with Gasteiger partial charge >= 0.3 is 0 Å². The average molecular weight is 513 g/mol. The summed E-state index contributed by atoms with van der Waals surface area (Å²) in [5.74, 6) is 1.22. The molecule has 35 heavy (non-hydrogen) atoms. The van der Waals surface area contributed by atoms with Crippen LogP contribution in [0, 0.1) is 23.7 Å². The molecule has 1 aliphatic carbocycles. The van der Waals surface area contributed by atoms with Crippen molar-refractivity contribution in [3.63, 3.8) is 0 Å². The van der Waals surface area contributed by atoms with Gasteiger partial charge in [0.1, 0.15) is 11.6 Å². The van der Waals surface area contributed by atoms with Gasteiger partial charge in [-0.15, -0.1) is 18.0 Å². The topological polar surface area (TPSA) is 67.4 Å². The number of halogens is 3. The van der Waals surface area contributed by atoms with Crippen molar-refractivity contribution in [2.24, 2.45) is 11.3 Å². The highest BCUT2D eigenvalue weighted by Crippen LogP contribution is 2.41. The number of hydrogen-bond acceptors (Lipinski definition) is 5. The number of allylic oxidation sites excluding steroid dienone is 3. The number of anilines is 2. The van der Waals surface area contributed by atoms with Gasteiger partial charge in [-0.2, -0.15) is 0 Å². The number of pyridine rings is 2. The third-order valence-corrected chi connectivity index (χ3v) is 7.51. The zero-order valence-electron chi connectivity index (χ0n) is 18.8. The first-order valence-electron chi connectivity index (χ1n) is 11.3. The molecule has 1 N–H and O–H groups in total. The van der Waals surface area contributed by atoms with Crippen molar-refractivity contribution in [1.29, 1.82) is 0 Å². The lowest BCUT2D eigenvalue weighted by Crippen LogP contribution is -2.30. The van der Waals surface area contributed by atoms with Gasteiger partial charge in [-0.1, -0.05) is 23.6 Å². The van der Waals surface area contributed by atoms with E-state index in [1.165, 1.54) is 24.5 Å². The Morgan fingerprint density at radius 2 is 2.20 bits per heavy atom. The van der Waals surface area contributed by atoms with Crippen molar-refractivity contribution in [1.82, 2.24) is 9.97 Å². The van der Waals surface area contributed by atoms with E-state index in [1.807, 2.05) is 0 Å². The molecule has 0 bridgehead atoms. The third kappa shape index (κ3) is 4.66. The molecule has 5 rings (SSSR count). The maximum atomic E-state index is 15.0. The molecule has 0 saturated carbocycles. The monoisotopic (exact) mass is 512 g/mol. The van der Waals surface area contributed by atoms with Crippen LogP contribution in [-0.4, -0.2) is 47.6 Å². The third-order valence-electron chi connectivity index (χ3n) is 6.83. The van der Waals surface area contributed by atoms with Crippen LogP contribution in [0.3, 0.4) is 0 Å². The van der Waals surface area contributed by atoms with Crippen LogP contribution in [-0.2, 0) is 9.53 Å². The van der Waals surface area contributed by atoms with Crippen molar-refractivity contribution in [3.05, 3.63) is 64.9 Å². The standard InChI is InChI=1S/C26H23Cl2FN4O2/c1-2-16-12-30-6-3-18(16)19-10-21(27)20(11-23(19)29)25(34)32-17-9-22(28)24(31-13-17)33-7-4-26(14-33)5-8-35-15-26/h1,3,6,9-13,20-21H,4-5,7-8,14-15H2,(H,32,34). The zero-order valence-corrected chi connectivity index (χ0v) is 20.3. The number of hydrogen-bond donors (Lipinski definition) is 1. The van der Waals surface area contributed by atoms with Gasteiger partial charge < -0.3 is 15.0 Å². The Hall–Kier alpha value is -2.92. The quantitative estimate of drug-likeness (QED) is 0.468. The number of amides is 1. The van der Waals surface area contributed by atoms with Crippen LogP contribution >= 0.6 is 23.2 Å². The fourth-order valence-corrected chi connectivity index (χ4v) is 5.51. The zero-order chi connectivity index (χ0) is 24.6. The Labute approximate surface area is 213 Å². The highest BCUT2D eigenvalue weighted by atomic mass is 35.5. The van der Waals surface area contributed by atoms with Gasteiger partial charge in [0.25, 0.3) is 0 Å². The largest absolute Gasteiger partial charge is 0.381 e. The van der Waals surface area contributed by atoms with E-state index >= 15 is 4.39 Å². The van der Waals surface area contributed by atoms with Gasteiger partial charge in [-0.25, -0.2) is 9.37 Å². The predicted octanol–water partition coefficient (Wildman–Crippen LogP) is 4.84. The molecule has 3 aliphatic rings. The first-order chi connectivity index (χ1) is 16.9. The average Bonchev–Trinajstić information content (AvgIpc) is 3.49. The second-order valence-corrected chi connectivity index (χ2v) is 10.0. The maximum absolute atomic E-state index is 15.0. The molecule has 1 amide bonds. The van der Waals surface area contributed by atoms with Gasteiger partial charge in [-0.05, 0) is 31.1 Å². The molecule has 1 spiro atoms. The normalized spacial score (nSPS) is 25.8. The molecular formula is C26H23Cl2FN4O2.